The Balaban J connectivity index is 0.000000229. The molecule has 0 spiro atoms. The minimum absolute atomic E-state index is 0.00555. The number of carbonyl (C=O) groups is 1. The SMILES string of the molecule is Cc1cc(N)c(OC(C)C)cc1C1CCN(C(=O)OCc2ccccc2)CC1.Cc1cc([N+](=O)[O-])c(OC(C)C)cc1-c1ccncc1. The average Bonchev–Trinajstić information content (AvgIpc) is 3.06. The van der Waals surface area contributed by atoms with Crippen molar-refractivity contribution in [3.63, 3.8) is 0 Å². The number of nitrogen functional groups attached to an aromatic ring is 1. The van der Waals surface area contributed by atoms with Crippen molar-refractivity contribution in [3.8, 4) is 22.6 Å². The Bertz CT molecular complexity index is 1670. The monoisotopic (exact) mass is 654 g/mol. The standard InChI is InChI=1S/C23H30N2O3.C15H16N2O3/c1-16(2)28-22-14-20(17(3)13-21(22)24)19-9-11-25(12-10-19)23(26)27-15-18-7-5-4-6-8-18;1-10(2)20-15-9-13(12-4-6-16-7-5-12)11(3)8-14(15)17(18)19/h4-8,13-14,16,19H,9-12,15,24H2,1-3H3;4-10H,1-3H3. The summed E-state index contributed by atoms with van der Waals surface area (Å²) in [5.41, 5.74) is 12.9. The van der Waals surface area contributed by atoms with E-state index in [0.717, 1.165) is 40.8 Å². The second-order valence-corrected chi connectivity index (χ2v) is 12.5. The minimum Gasteiger partial charge on any atom is -0.489 e. The topological polar surface area (TPSA) is 130 Å². The Morgan fingerprint density at radius 1 is 0.917 bits per heavy atom. The van der Waals surface area contributed by atoms with Crippen LogP contribution in [0.25, 0.3) is 11.1 Å². The Morgan fingerprint density at radius 2 is 1.54 bits per heavy atom. The zero-order valence-electron chi connectivity index (χ0n) is 28.6. The third-order valence-electron chi connectivity index (χ3n) is 8.02. The molecule has 254 valence electrons. The van der Waals surface area contributed by atoms with E-state index in [9.17, 15) is 14.9 Å². The fourth-order valence-electron chi connectivity index (χ4n) is 5.71. The van der Waals surface area contributed by atoms with Crippen LogP contribution in [-0.2, 0) is 11.3 Å². The molecule has 0 aliphatic carbocycles. The molecule has 1 fully saturated rings. The molecule has 2 N–H and O–H groups in total. The van der Waals surface area contributed by atoms with Gasteiger partial charge in [0.2, 0.25) is 0 Å². The average molecular weight is 655 g/mol. The van der Waals surface area contributed by atoms with Crippen LogP contribution in [0.3, 0.4) is 0 Å². The van der Waals surface area contributed by atoms with E-state index in [2.05, 4.69) is 18.0 Å². The Labute approximate surface area is 283 Å². The number of carbonyl (C=O) groups excluding carboxylic acids is 1. The number of anilines is 1. The van der Waals surface area contributed by atoms with Gasteiger partial charge in [-0.05, 0) is 124 Å². The second kappa shape index (κ2) is 16.6. The van der Waals surface area contributed by atoms with Crippen LogP contribution < -0.4 is 15.2 Å². The number of benzene rings is 3. The maximum absolute atomic E-state index is 12.4. The maximum Gasteiger partial charge on any atom is 0.410 e. The molecule has 1 aromatic heterocycles. The molecule has 0 radical (unpaired) electrons. The first kappa shape index (κ1) is 35.7. The molecule has 1 aliphatic heterocycles. The molecule has 1 aliphatic rings. The third kappa shape index (κ3) is 9.70. The first-order chi connectivity index (χ1) is 22.9. The number of hydrogen-bond acceptors (Lipinski definition) is 8. The maximum atomic E-state index is 12.4. The predicted molar refractivity (Wildman–Crippen MR) is 188 cm³/mol. The highest BCUT2D eigenvalue weighted by atomic mass is 16.6. The van der Waals surface area contributed by atoms with Crippen LogP contribution in [0.15, 0.2) is 79.1 Å². The summed E-state index contributed by atoms with van der Waals surface area (Å²) < 4.78 is 16.9. The van der Waals surface area contributed by atoms with Crippen molar-refractivity contribution in [3.05, 3.63) is 111 Å². The van der Waals surface area contributed by atoms with Gasteiger partial charge in [0.15, 0.2) is 5.75 Å². The number of rotatable bonds is 9. The van der Waals surface area contributed by atoms with Crippen molar-refractivity contribution in [2.45, 2.75) is 79.1 Å². The molecule has 2 heterocycles. The molecular formula is C38H46N4O6. The third-order valence-corrected chi connectivity index (χ3v) is 8.02. The van der Waals surface area contributed by atoms with Gasteiger partial charge in [-0.25, -0.2) is 4.79 Å². The molecule has 0 unspecified atom stereocenters. The zero-order chi connectivity index (χ0) is 34.8. The van der Waals surface area contributed by atoms with Gasteiger partial charge in [0, 0.05) is 31.5 Å². The van der Waals surface area contributed by atoms with E-state index >= 15 is 0 Å². The molecule has 10 nitrogen and oxygen atoms in total. The Hall–Kier alpha value is -5.12. The molecule has 0 saturated carbocycles. The lowest BCUT2D eigenvalue weighted by Crippen LogP contribution is -2.38. The van der Waals surface area contributed by atoms with Crippen LogP contribution in [0.4, 0.5) is 16.2 Å². The molecule has 5 rings (SSSR count). The van der Waals surface area contributed by atoms with Gasteiger partial charge in [-0.3, -0.25) is 15.1 Å². The molecule has 1 saturated heterocycles. The number of aromatic nitrogens is 1. The van der Waals surface area contributed by atoms with Gasteiger partial charge in [0.05, 0.1) is 22.8 Å². The van der Waals surface area contributed by atoms with E-state index < -0.39 is 4.92 Å². The van der Waals surface area contributed by atoms with E-state index in [1.807, 2.05) is 83.1 Å². The van der Waals surface area contributed by atoms with Crippen molar-refractivity contribution >= 4 is 17.5 Å². The smallest absolute Gasteiger partial charge is 0.410 e. The van der Waals surface area contributed by atoms with E-state index in [4.69, 9.17) is 19.9 Å². The number of aryl methyl sites for hydroxylation is 2. The number of hydrogen-bond donors (Lipinski definition) is 1. The first-order valence-corrected chi connectivity index (χ1v) is 16.3. The fraction of sp³-hybridized carbons (Fsp3) is 0.368. The van der Waals surface area contributed by atoms with E-state index in [-0.39, 0.29) is 24.0 Å². The molecular weight excluding hydrogens is 608 g/mol. The van der Waals surface area contributed by atoms with Gasteiger partial charge in [-0.15, -0.1) is 0 Å². The van der Waals surface area contributed by atoms with Crippen molar-refractivity contribution in [2.24, 2.45) is 0 Å². The Morgan fingerprint density at radius 3 is 2.15 bits per heavy atom. The summed E-state index contributed by atoms with van der Waals surface area (Å²) in [5.74, 6) is 1.44. The van der Waals surface area contributed by atoms with E-state index in [1.54, 1.807) is 29.4 Å². The summed E-state index contributed by atoms with van der Waals surface area (Å²) in [6, 6.07) is 20.8. The number of amides is 1. The summed E-state index contributed by atoms with van der Waals surface area (Å²) in [6.45, 7) is 13.3. The molecule has 0 atom stereocenters. The van der Waals surface area contributed by atoms with Crippen molar-refractivity contribution in [2.75, 3.05) is 18.8 Å². The van der Waals surface area contributed by atoms with Gasteiger partial charge < -0.3 is 24.8 Å². The number of nitrogens with two attached hydrogens (primary N) is 1. The number of piperidine rings is 1. The number of ether oxygens (including phenoxy) is 3. The molecule has 10 heteroatoms. The van der Waals surface area contributed by atoms with Crippen LogP contribution in [-0.4, -0.2) is 46.2 Å². The number of nitro benzene ring substituents is 1. The quantitative estimate of drug-likeness (QED) is 0.108. The molecule has 1 amide bonds. The largest absolute Gasteiger partial charge is 0.489 e. The van der Waals surface area contributed by atoms with Crippen LogP contribution in [0.2, 0.25) is 0 Å². The van der Waals surface area contributed by atoms with Crippen LogP contribution >= 0.6 is 0 Å². The summed E-state index contributed by atoms with van der Waals surface area (Å²) in [7, 11) is 0. The van der Waals surface area contributed by atoms with E-state index in [1.165, 1.54) is 11.1 Å². The van der Waals surface area contributed by atoms with Gasteiger partial charge in [-0.1, -0.05) is 30.3 Å². The van der Waals surface area contributed by atoms with Crippen molar-refractivity contribution in [1.29, 1.82) is 0 Å². The molecule has 0 bridgehead atoms. The van der Waals surface area contributed by atoms with E-state index in [0.29, 0.717) is 37.1 Å². The lowest BCUT2D eigenvalue weighted by Gasteiger charge is -2.32. The summed E-state index contributed by atoms with van der Waals surface area (Å²) in [4.78, 5) is 28.9. The fourth-order valence-corrected chi connectivity index (χ4v) is 5.71. The highest BCUT2D eigenvalue weighted by Gasteiger charge is 2.26. The Kier molecular flexibility index (Phi) is 12.4. The van der Waals surface area contributed by atoms with Crippen molar-refractivity contribution < 1.29 is 23.9 Å². The highest BCUT2D eigenvalue weighted by Crippen LogP contribution is 2.37. The summed E-state index contributed by atoms with van der Waals surface area (Å²) >= 11 is 0. The minimum atomic E-state index is -0.416. The molecule has 4 aromatic rings. The van der Waals surface area contributed by atoms with Gasteiger partial charge in [0.1, 0.15) is 12.4 Å². The number of likely N-dealkylation sites (tertiary alicyclic amines) is 1. The zero-order valence-corrected chi connectivity index (χ0v) is 28.6. The van der Waals surface area contributed by atoms with Crippen LogP contribution in [0, 0.1) is 24.0 Å². The van der Waals surface area contributed by atoms with Crippen LogP contribution in [0.1, 0.15) is 68.7 Å². The van der Waals surface area contributed by atoms with Gasteiger partial charge >= 0.3 is 11.8 Å². The van der Waals surface area contributed by atoms with Gasteiger partial charge in [0.25, 0.3) is 0 Å². The number of pyridine rings is 1. The van der Waals surface area contributed by atoms with Crippen LogP contribution in [0.5, 0.6) is 11.5 Å². The lowest BCUT2D eigenvalue weighted by atomic mass is 9.86. The summed E-state index contributed by atoms with van der Waals surface area (Å²) in [6.07, 6.45) is 4.93. The predicted octanol–water partition coefficient (Wildman–Crippen LogP) is 8.63. The highest BCUT2D eigenvalue weighted by molar-refractivity contribution is 5.72. The van der Waals surface area contributed by atoms with Crippen molar-refractivity contribution in [1.82, 2.24) is 9.88 Å². The normalized spacial score (nSPS) is 13.1. The molecule has 3 aromatic carbocycles. The molecule has 48 heavy (non-hydrogen) atoms. The lowest BCUT2D eigenvalue weighted by molar-refractivity contribution is -0.386. The number of nitro groups is 1. The summed E-state index contributed by atoms with van der Waals surface area (Å²) in [5, 5.41) is 11.1. The number of nitrogens with zero attached hydrogens (tertiary/aromatic N) is 3. The first-order valence-electron chi connectivity index (χ1n) is 16.3. The second-order valence-electron chi connectivity index (χ2n) is 12.5. The van der Waals surface area contributed by atoms with Gasteiger partial charge in [-0.2, -0.15) is 0 Å².